The predicted octanol–water partition coefficient (Wildman–Crippen LogP) is -3.65. The number of carboxylic acids is 3. The minimum Gasteiger partial charge on any atom is -0.480 e. The minimum atomic E-state index is -1.02. The van der Waals surface area contributed by atoms with Crippen LogP contribution >= 0.6 is 0 Å². The Labute approximate surface area is 216 Å². The van der Waals surface area contributed by atoms with E-state index in [2.05, 4.69) is 0 Å². The summed E-state index contributed by atoms with van der Waals surface area (Å²) in [5, 5.41) is 27.9. The first kappa shape index (κ1) is 32.8. The Balaban J connectivity index is 3.01. The molecule has 1 saturated heterocycles. The molecule has 0 radical (unpaired) electrons. The average Bonchev–Trinajstić information content (AvgIpc) is 2.81. The molecule has 0 bridgehead atoms. The Morgan fingerprint density at radius 2 is 0.973 bits per heavy atom. The van der Waals surface area contributed by atoms with E-state index in [0.29, 0.717) is 58.9 Å². The molecule has 1 rings (SSSR count). The van der Waals surface area contributed by atoms with Gasteiger partial charge in [-0.3, -0.25) is 38.8 Å². The normalized spacial score (nSPS) is 18.5. The highest BCUT2D eigenvalue weighted by Gasteiger charge is 2.24. The lowest BCUT2D eigenvalue weighted by Gasteiger charge is -2.33. The summed E-state index contributed by atoms with van der Waals surface area (Å²) in [5.74, 6) is -3.29. The summed E-state index contributed by atoms with van der Waals surface area (Å²) in [4.78, 5) is 54.0. The van der Waals surface area contributed by atoms with Gasteiger partial charge in [0.25, 0.3) is 0 Å². The van der Waals surface area contributed by atoms with Crippen molar-refractivity contribution in [2.24, 2.45) is 11.5 Å². The van der Waals surface area contributed by atoms with E-state index in [0.717, 1.165) is 0 Å². The van der Waals surface area contributed by atoms with Gasteiger partial charge in [0.05, 0.1) is 46.0 Å². The van der Waals surface area contributed by atoms with Gasteiger partial charge in [-0.25, -0.2) is 0 Å². The quantitative estimate of drug-likeness (QED) is 0.121. The van der Waals surface area contributed by atoms with E-state index in [9.17, 15) is 34.5 Å². The Morgan fingerprint density at radius 1 is 0.622 bits per heavy atom. The maximum atomic E-state index is 13.1. The molecule has 214 valence electrons. The van der Waals surface area contributed by atoms with Gasteiger partial charge >= 0.3 is 17.9 Å². The number of carbonyl (C=O) groups excluding carboxylic acids is 1. The molecule has 1 aliphatic rings. The largest absolute Gasteiger partial charge is 0.480 e. The van der Waals surface area contributed by atoms with Crippen LogP contribution in [0.1, 0.15) is 0 Å². The van der Waals surface area contributed by atoms with Crippen molar-refractivity contribution in [3.05, 3.63) is 0 Å². The lowest BCUT2D eigenvalue weighted by atomic mass is 10.2. The van der Waals surface area contributed by atoms with Gasteiger partial charge in [-0.15, -0.1) is 0 Å². The topological polar surface area (TPSA) is 212 Å². The highest BCUT2D eigenvalue weighted by Crippen LogP contribution is 2.04. The molecule has 0 saturated carbocycles. The predicted molar refractivity (Wildman–Crippen MR) is 132 cm³/mol. The summed E-state index contributed by atoms with van der Waals surface area (Å²) in [6, 6.07) is 0. The van der Waals surface area contributed by atoms with Gasteiger partial charge in [-0.2, -0.15) is 0 Å². The third-order valence-corrected chi connectivity index (χ3v) is 5.71. The second kappa shape index (κ2) is 18.9. The van der Waals surface area contributed by atoms with Gasteiger partial charge in [-0.1, -0.05) is 0 Å². The fourth-order valence-corrected chi connectivity index (χ4v) is 3.83. The molecule has 0 amide bonds. The average molecular weight is 535 g/mol. The molecule has 1 aliphatic heterocycles. The third kappa shape index (κ3) is 15.6. The molecule has 15 heteroatoms. The first-order valence-corrected chi connectivity index (χ1v) is 12.3. The minimum absolute atomic E-state index is 0.00577. The van der Waals surface area contributed by atoms with Gasteiger partial charge < -0.3 is 36.3 Å². The number of Topliss-reactive ketones (excluding diaryl/α,β-unsaturated/α-hetero) is 1. The highest BCUT2D eigenvalue weighted by molar-refractivity contribution is 5.85. The molecule has 7 N–H and O–H groups in total. The molecule has 37 heavy (non-hydrogen) atoms. The van der Waals surface area contributed by atoms with E-state index in [1.807, 2.05) is 4.90 Å². The lowest BCUT2D eigenvalue weighted by Crippen LogP contribution is -2.50. The van der Waals surface area contributed by atoms with Gasteiger partial charge in [0.1, 0.15) is 6.10 Å². The number of ether oxygens (including phenoxy) is 2. The van der Waals surface area contributed by atoms with Crippen LogP contribution in [0.4, 0.5) is 0 Å². The van der Waals surface area contributed by atoms with Gasteiger partial charge in [0.15, 0.2) is 5.78 Å². The zero-order valence-corrected chi connectivity index (χ0v) is 21.3. The van der Waals surface area contributed by atoms with E-state index in [4.69, 9.17) is 20.9 Å². The first-order valence-electron chi connectivity index (χ1n) is 12.3. The van der Waals surface area contributed by atoms with Gasteiger partial charge in [0, 0.05) is 65.4 Å². The second-order valence-electron chi connectivity index (χ2n) is 8.76. The summed E-state index contributed by atoms with van der Waals surface area (Å²) >= 11 is 0. The van der Waals surface area contributed by atoms with Crippen LogP contribution in [0.3, 0.4) is 0 Å². The van der Waals surface area contributed by atoms with Crippen LogP contribution < -0.4 is 11.5 Å². The van der Waals surface area contributed by atoms with Crippen LogP contribution in [-0.4, -0.2) is 176 Å². The molecular formula is C22H42N6O9. The van der Waals surface area contributed by atoms with Gasteiger partial charge in [-0.05, 0) is 0 Å². The van der Waals surface area contributed by atoms with Crippen LogP contribution in [-0.2, 0) is 28.7 Å². The fourth-order valence-electron chi connectivity index (χ4n) is 3.83. The van der Waals surface area contributed by atoms with Crippen molar-refractivity contribution in [1.82, 2.24) is 19.6 Å². The number of aliphatic carboxylic acids is 3. The van der Waals surface area contributed by atoms with Crippen LogP contribution in [0.25, 0.3) is 0 Å². The summed E-state index contributed by atoms with van der Waals surface area (Å²) < 4.78 is 11.0. The Bertz CT molecular complexity index is 682. The van der Waals surface area contributed by atoms with Crippen molar-refractivity contribution in [2.75, 3.05) is 111 Å². The zero-order valence-electron chi connectivity index (χ0n) is 21.3. The van der Waals surface area contributed by atoms with Gasteiger partial charge in [0.2, 0.25) is 0 Å². The van der Waals surface area contributed by atoms with Crippen molar-refractivity contribution in [2.45, 2.75) is 6.10 Å². The van der Waals surface area contributed by atoms with Crippen LogP contribution in [0.2, 0.25) is 0 Å². The van der Waals surface area contributed by atoms with Crippen molar-refractivity contribution in [3.63, 3.8) is 0 Å². The number of nitrogens with two attached hydrogens (primary N) is 2. The van der Waals surface area contributed by atoms with E-state index in [1.54, 1.807) is 14.7 Å². The monoisotopic (exact) mass is 534 g/mol. The maximum Gasteiger partial charge on any atom is 0.317 e. The van der Waals surface area contributed by atoms with E-state index in [-0.39, 0.29) is 58.3 Å². The molecule has 0 aromatic carbocycles. The summed E-state index contributed by atoms with van der Waals surface area (Å²) in [6.07, 6.45) is -0.841. The smallest absolute Gasteiger partial charge is 0.317 e. The standard InChI is InChI=1S/C22H42N6O9/c23-1-11-36-17-19(37-12-2-24)18(29)13-25-3-5-26(14-20(30)31)7-9-28(16-22(34)35)10-8-27(6-4-25)15-21(32)33/h19H,1-17,23-24H2,(H,30,31)(H,32,33)(H,34,35). The number of nitrogens with zero attached hydrogens (tertiary/aromatic N) is 4. The summed E-state index contributed by atoms with van der Waals surface area (Å²) in [7, 11) is 0. The number of hydrogen-bond acceptors (Lipinski definition) is 12. The number of hydrogen-bond donors (Lipinski definition) is 5. The van der Waals surface area contributed by atoms with Crippen molar-refractivity contribution < 1.29 is 44.0 Å². The van der Waals surface area contributed by atoms with Crippen LogP contribution in [0.15, 0.2) is 0 Å². The molecule has 1 atom stereocenters. The number of carbonyl (C=O) groups is 4. The molecular weight excluding hydrogens is 492 g/mol. The molecule has 0 aromatic heterocycles. The number of carboxylic acid groups (broad SMARTS) is 3. The van der Waals surface area contributed by atoms with Crippen molar-refractivity contribution in [1.29, 1.82) is 0 Å². The Morgan fingerprint density at radius 3 is 1.30 bits per heavy atom. The molecule has 0 spiro atoms. The summed E-state index contributed by atoms with van der Waals surface area (Å²) in [6.45, 7) is 2.81. The number of rotatable bonds is 16. The molecule has 1 fully saturated rings. The first-order chi connectivity index (χ1) is 17.6. The van der Waals surface area contributed by atoms with E-state index < -0.39 is 24.0 Å². The molecule has 0 aromatic rings. The Hall–Kier alpha value is -2.24. The van der Waals surface area contributed by atoms with Crippen molar-refractivity contribution >= 4 is 23.7 Å². The van der Waals surface area contributed by atoms with Crippen LogP contribution in [0.5, 0.6) is 0 Å². The number of ketones is 1. The van der Waals surface area contributed by atoms with E-state index in [1.165, 1.54) is 0 Å². The van der Waals surface area contributed by atoms with Crippen molar-refractivity contribution in [3.8, 4) is 0 Å². The second-order valence-corrected chi connectivity index (χ2v) is 8.76. The SMILES string of the molecule is NCCOCC(OCCN)C(=O)CN1CCN(CC(=O)O)CCN(CC(=O)O)CCN(CC(=O)O)CC1. The lowest BCUT2D eigenvalue weighted by molar-refractivity contribution is -0.141. The van der Waals surface area contributed by atoms with Crippen LogP contribution in [0, 0.1) is 0 Å². The molecule has 1 unspecified atom stereocenters. The third-order valence-electron chi connectivity index (χ3n) is 5.71. The fraction of sp³-hybridized carbons (Fsp3) is 0.818. The molecule has 15 nitrogen and oxygen atoms in total. The molecule has 1 heterocycles. The maximum absolute atomic E-state index is 13.1. The molecule has 0 aliphatic carbocycles. The zero-order chi connectivity index (χ0) is 27.6. The summed E-state index contributed by atoms with van der Waals surface area (Å²) in [5.41, 5.74) is 11.0. The van der Waals surface area contributed by atoms with E-state index >= 15 is 0 Å². The highest BCUT2D eigenvalue weighted by atomic mass is 16.5. The Kier molecular flexibility index (Phi) is 16.8.